The van der Waals surface area contributed by atoms with Crippen molar-refractivity contribution in [2.24, 2.45) is 5.41 Å². The minimum atomic E-state index is -0.484. The quantitative estimate of drug-likeness (QED) is 0.376. The van der Waals surface area contributed by atoms with Gasteiger partial charge in [0.05, 0.1) is 38.2 Å². The Labute approximate surface area is 233 Å². The van der Waals surface area contributed by atoms with E-state index in [-0.39, 0.29) is 23.7 Å². The molecule has 1 amide bonds. The number of hydrogen-bond donors (Lipinski definition) is 2. The zero-order valence-electron chi connectivity index (χ0n) is 22.9. The number of methoxy groups -OCH3 is 2. The van der Waals surface area contributed by atoms with Gasteiger partial charge in [0.15, 0.2) is 17.3 Å². The van der Waals surface area contributed by atoms with Crippen molar-refractivity contribution in [3.05, 3.63) is 81.7 Å². The van der Waals surface area contributed by atoms with Gasteiger partial charge >= 0.3 is 0 Å². The summed E-state index contributed by atoms with van der Waals surface area (Å²) in [5.74, 6) is 1.17. The maximum Gasteiger partial charge on any atom is 0.239 e. The summed E-state index contributed by atoms with van der Waals surface area (Å²) in [5.41, 5.74) is 4.04. The third-order valence-corrected chi connectivity index (χ3v) is 8.25. The number of hydrogen-bond acceptors (Lipinski definition) is 7. The first-order chi connectivity index (χ1) is 18.8. The SMILES string of the molecule is COc1ccc(C2C3=C(CC(C)(C)CC3=O)Nc3ccccc3N2CC(=O)NCCc2cccs2)cc1OC. The van der Waals surface area contributed by atoms with Gasteiger partial charge in [-0.15, -0.1) is 11.3 Å². The Balaban J connectivity index is 1.58. The van der Waals surface area contributed by atoms with Crippen molar-refractivity contribution in [1.29, 1.82) is 0 Å². The molecule has 1 aromatic heterocycles. The number of rotatable bonds is 8. The lowest BCUT2D eigenvalue weighted by Crippen LogP contribution is -2.42. The topological polar surface area (TPSA) is 79.9 Å². The first kappa shape index (κ1) is 26.8. The van der Waals surface area contributed by atoms with Crippen LogP contribution in [0.15, 0.2) is 71.2 Å². The van der Waals surface area contributed by atoms with Crippen LogP contribution in [0.1, 0.15) is 43.2 Å². The van der Waals surface area contributed by atoms with Crippen LogP contribution in [0.3, 0.4) is 0 Å². The molecule has 204 valence electrons. The van der Waals surface area contributed by atoms with Crippen molar-refractivity contribution in [2.45, 2.75) is 39.2 Å². The lowest BCUT2D eigenvalue weighted by atomic mass is 9.73. The van der Waals surface area contributed by atoms with Gasteiger partial charge in [-0.2, -0.15) is 0 Å². The Bertz CT molecular complexity index is 1400. The molecule has 2 aromatic carbocycles. The van der Waals surface area contributed by atoms with Crippen molar-refractivity contribution in [3.8, 4) is 11.5 Å². The van der Waals surface area contributed by atoms with Gasteiger partial charge in [-0.1, -0.05) is 38.1 Å². The van der Waals surface area contributed by atoms with Crippen LogP contribution in [-0.2, 0) is 16.0 Å². The molecule has 1 aliphatic carbocycles. The summed E-state index contributed by atoms with van der Waals surface area (Å²) in [7, 11) is 3.20. The number of anilines is 2. The second kappa shape index (κ2) is 11.1. The zero-order chi connectivity index (χ0) is 27.6. The van der Waals surface area contributed by atoms with Crippen molar-refractivity contribution in [1.82, 2.24) is 5.32 Å². The molecule has 2 N–H and O–H groups in total. The van der Waals surface area contributed by atoms with Gasteiger partial charge in [0.1, 0.15) is 0 Å². The van der Waals surface area contributed by atoms with Crippen molar-refractivity contribution >= 4 is 34.4 Å². The number of benzene rings is 2. The van der Waals surface area contributed by atoms with E-state index in [1.165, 1.54) is 4.88 Å². The molecule has 2 heterocycles. The molecule has 2 aliphatic rings. The number of fused-ring (bicyclic) bond motifs is 1. The van der Waals surface area contributed by atoms with Crippen LogP contribution in [0.5, 0.6) is 11.5 Å². The Hall–Kier alpha value is -3.78. The minimum Gasteiger partial charge on any atom is -0.493 e. The number of Topliss-reactive ketones (excluding diaryl/α,β-unsaturated/α-hetero) is 1. The van der Waals surface area contributed by atoms with E-state index in [0.29, 0.717) is 30.0 Å². The third kappa shape index (κ3) is 5.66. The molecule has 0 saturated carbocycles. The molecule has 1 unspecified atom stereocenters. The van der Waals surface area contributed by atoms with E-state index in [1.54, 1.807) is 25.6 Å². The van der Waals surface area contributed by atoms with E-state index >= 15 is 0 Å². The number of carbonyl (C=O) groups is 2. The fourth-order valence-corrected chi connectivity index (χ4v) is 6.30. The second-order valence-electron chi connectivity index (χ2n) is 10.8. The van der Waals surface area contributed by atoms with Crippen LogP contribution in [-0.4, -0.2) is 39.0 Å². The average molecular weight is 546 g/mol. The fourth-order valence-electron chi connectivity index (χ4n) is 5.59. The van der Waals surface area contributed by atoms with Crippen LogP contribution in [0.25, 0.3) is 0 Å². The molecule has 8 heteroatoms. The molecule has 0 fully saturated rings. The summed E-state index contributed by atoms with van der Waals surface area (Å²) >= 11 is 1.68. The summed E-state index contributed by atoms with van der Waals surface area (Å²) in [4.78, 5) is 30.5. The molecule has 0 saturated heterocycles. The van der Waals surface area contributed by atoms with Crippen LogP contribution in [0.2, 0.25) is 0 Å². The highest BCUT2D eigenvalue weighted by atomic mass is 32.1. The smallest absolute Gasteiger partial charge is 0.239 e. The highest BCUT2D eigenvalue weighted by molar-refractivity contribution is 7.09. The van der Waals surface area contributed by atoms with E-state index in [4.69, 9.17) is 9.47 Å². The van der Waals surface area contributed by atoms with Crippen molar-refractivity contribution in [3.63, 3.8) is 0 Å². The van der Waals surface area contributed by atoms with Crippen LogP contribution >= 0.6 is 11.3 Å². The molecular formula is C31H35N3O4S. The first-order valence-electron chi connectivity index (χ1n) is 13.2. The number of amides is 1. The largest absolute Gasteiger partial charge is 0.493 e. The fraction of sp³-hybridized carbons (Fsp3) is 0.355. The lowest BCUT2D eigenvalue weighted by molar-refractivity contribution is -0.120. The molecule has 0 bridgehead atoms. The summed E-state index contributed by atoms with van der Waals surface area (Å²) in [5, 5.41) is 8.72. The summed E-state index contributed by atoms with van der Waals surface area (Å²) in [6.07, 6.45) is 1.95. The van der Waals surface area contributed by atoms with E-state index in [0.717, 1.165) is 35.5 Å². The third-order valence-electron chi connectivity index (χ3n) is 7.32. The summed E-state index contributed by atoms with van der Waals surface area (Å²) in [6, 6.07) is 17.3. The van der Waals surface area contributed by atoms with E-state index < -0.39 is 6.04 Å². The molecule has 1 aliphatic heterocycles. The van der Waals surface area contributed by atoms with Crippen molar-refractivity contribution in [2.75, 3.05) is 37.5 Å². The number of para-hydroxylation sites is 2. The van der Waals surface area contributed by atoms with Gasteiger partial charge in [0.2, 0.25) is 5.91 Å². The normalized spacial score (nSPS) is 18.0. The highest BCUT2D eigenvalue weighted by Crippen LogP contribution is 2.49. The maximum absolute atomic E-state index is 13.9. The number of allylic oxidation sites excluding steroid dienone is 1. The Morgan fingerprint density at radius 1 is 1.08 bits per heavy atom. The number of ether oxygens (including phenoxy) is 2. The molecule has 39 heavy (non-hydrogen) atoms. The Morgan fingerprint density at radius 2 is 1.87 bits per heavy atom. The molecular weight excluding hydrogens is 510 g/mol. The maximum atomic E-state index is 13.9. The summed E-state index contributed by atoms with van der Waals surface area (Å²) < 4.78 is 11.1. The minimum absolute atomic E-state index is 0.0874. The number of ketones is 1. The van der Waals surface area contributed by atoms with E-state index in [2.05, 4.69) is 30.5 Å². The number of nitrogens with zero attached hydrogens (tertiary/aromatic N) is 1. The molecule has 0 spiro atoms. The van der Waals surface area contributed by atoms with Crippen LogP contribution in [0, 0.1) is 5.41 Å². The van der Waals surface area contributed by atoms with E-state index in [9.17, 15) is 9.59 Å². The van der Waals surface area contributed by atoms with Crippen LogP contribution < -0.4 is 25.0 Å². The molecule has 1 atom stereocenters. The van der Waals surface area contributed by atoms with Gasteiger partial charge in [0, 0.05) is 29.1 Å². The molecule has 5 rings (SSSR count). The number of carbonyl (C=O) groups excluding carboxylic acids is 2. The zero-order valence-corrected chi connectivity index (χ0v) is 23.7. The molecule has 0 radical (unpaired) electrons. The van der Waals surface area contributed by atoms with Gasteiger partial charge in [-0.3, -0.25) is 9.59 Å². The Kier molecular flexibility index (Phi) is 7.66. The predicted molar refractivity (Wildman–Crippen MR) is 156 cm³/mol. The highest BCUT2D eigenvalue weighted by Gasteiger charge is 2.42. The van der Waals surface area contributed by atoms with Gasteiger partial charge in [0.25, 0.3) is 0 Å². The molecule has 7 nitrogen and oxygen atoms in total. The average Bonchev–Trinajstić information content (AvgIpc) is 3.38. The number of nitrogens with one attached hydrogen (secondary N) is 2. The predicted octanol–water partition coefficient (Wildman–Crippen LogP) is 5.74. The van der Waals surface area contributed by atoms with Gasteiger partial charge in [-0.05, 0) is 59.5 Å². The lowest BCUT2D eigenvalue weighted by Gasteiger charge is -2.38. The van der Waals surface area contributed by atoms with Gasteiger partial charge < -0.3 is 25.0 Å². The number of thiophene rings is 1. The van der Waals surface area contributed by atoms with Crippen LogP contribution in [0.4, 0.5) is 11.4 Å². The monoisotopic (exact) mass is 545 g/mol. The molecule has 3 aromatic rings. The van der Waals surface area contributed by atoms with Crippen molar-refractivity contribution < 1.29 is 19.1 Å². The standard InChI is InChI=1S/C31H35N3O4S/c1-31(2)17-23-29(25(35)18-31)30(20-11-12-26(37-3)27(16-20)38-4)34(24-10-6-5-9-22(24)33-23)19-28(36)32-14-13-21-8-7-15-39-21/h5-12,15-16,30,33H,13-14,17-19H2,1-4H3,(H,32,36). The first-order valence-corrected chi connectivity index (χ1v) is 14.1. The Morgan fingerprint density at radius 3 is 2.62 bits per heavy atom. The second-order valence-corrected chi connectivity index (χ2v) is 11.8. The summed E-state index contributed by atoms with van der Waals surface area (Å²) in [6.45, 7) is 4.89. The van der Waals surface area contributed by atoms with Gasteiger partial charge in [-0.25, -0.2) is 0 Å². The van der Waals surface area contributed by atoms with E-state index in [1.807, 2.05) is 58.8 Å².